The number of nitrogen functional groups attached to an aromatic ring is 1. The van der Waals surface area contributed by atoms with Gasteiger partial charge in [-0.2, -0.15) is 5.10 Å². The maximum absolute atomic E-state index is 11.2. The first kappa shape index (κ1) is 16.6. The topological polar surface area (TPSA) is 102 Å². The maximum atomic E-state index is 11.2. The number of amides is 1. The minimum Gasteiger partial charge on any atom is -0.400 e. The molecule has 1 aliphatic heterocycles. The summed E-state index contributed by atoms with van der Waals surface area (Å²) in [6, 6.07) is 1.71. The molecule has 2 heterocycles. The van der Waals surface area contributed by atoms with Gasteiger partial charge in [0, 0.05) is 19.5 Å². The van der Waals surface area contributed by atoms with Crippen molar-refractivity contribution in [3.05, 3.63) is 17.2 Å². The number of hydrogen-bond acceptors (Lipinski definition) is 5. The van der Waals surface area contributed by atoms with E-state index in [9.17, 15) is 4.79 Å². The Bertz CT molecular complexity index is 579. The third kappa shape index (κ3) is 3.51. The number of nitrogens with two attached hydrogens (primary N) is 1. The van der Waals surface area contributed by atoms with E-state index in [1.165, 1.54) is 6.92 Å². The van der Waals surface area contributed by atoms with Crippen LogP contribution in [-0.4, -0.2) is 41.0 Å². The van der Waals surface area contributed by atoms with Crippen LogP contribution in [0.15, 0.2) is 11.5 Å². The number of carbonyl (C=O) groups is 1. The standard InChI is InChI=1S/C14H23BN4O3/c1-9(20)17-8-10(6-11-7-12(16)19-18-11)15-21-13(2,3)14(4,5)22-15/h6-7H,8H2,1-5H3,(H,17,20)(H3,16,18,19). The molecule has 1 fully saturated rings. The van der Waals surface area contributed by atoms with Crippen molar-refractivity contribution in [2.45, 2.75) is 45.8 Å². The Balaban J connectivity index is 2.25. The van der Waals surface area contributed by atoms with Crippen LogP contribution in [0.4, 0.5) is 5.82 Å². The highest BCUT2D eigenvalue weighted by molar-refractivity contribution is 6.56. The summed E-state index contributed by atoms with van der Waals surface area (Å²) in [5, 5.41) is 9.47. The van der Waals surface area contributed by atoms with E-state index < -0.39 is 18.3 Å². The summed E-state index contributed by atoms with van der Waals surface area (Å²) < 4.78 is 12.1. The second kappa shape index (κ2) is 5.77. The highest BCUT2D eigenvalue weighted by Gasteiger charge is 2.52. The molecule has 0 spiro atoms. The van der Waals surface area contributed by atoms with Crippen molar-refractivity contribution in [1.29, 1.82) is 0 Å². The van der Waals surface area contributed by atoms with E-state index in [0.29, 0.717) is 12.4 Å². The predicted octanol–water partition coefficient (Wildman–Crippen LogP) is 1.14. The highest BCUT2D eigenvalue weighted by atomic mass is 16.7. The molecule has 4 N–H and O–H groups in total. The molecule has 1 saturated heterocycles. The molecule has 1 aromatic rings. The molecule has 7 nitrogen and oxygen atoms in total. The van der Waals surface area contributed by atoms with E-state index in [0.717, 1.165) is 11.2 Å². The minimum absolute atomic E-state index is 0.119. The summed E-state index contributed by atoms with van der Waals surface area (Å²) >= 11 is 0. The van der Waals surface area contributed by atoms with Gasteiger partial charge in [0.1, 0.15) is 5.82 Å². The lowest BCUT2D eigenvalue weighted by atomic mass is 9.77. The van der Waals surface area contributed by atoms with Crippen molar-refractivity contribution < 1.29 is 14.1 Å². The fourth-order valence-electron chi connectivity index (χ4n) is 2.05. The first-order valence-corrected chi connectivity index (χ1v) is 7.22. The Morgan fingerprint density at radius 1 is 1.41 bits per heavy atom. The molecule has 0 atom stereocenters. The fourth-order valence-corrected chi connectivity index (χ4v) is 2.05. The first-order valence-electron chi connectivity index (χ1n) is 7.22. The average Bonchev–Trinajstić information content (AvgIpc) is 2.86. The molecule has 0 radical (unpaired) electrons. The highest BCUT2D eigenvalue weighted by Crippen LogP contribution is 2.38. The van der Waals surface area contributed by atoms with Crippen LogP contribution in [0.1, 0.15) is 40.3 Å². The fraction of sp³-hybridized carbons (Fsp3) is 0.571. The number of rotatable bonds is 4. The number of aromatic nitrogens is 2. The molecular formula is C14H23BN4O3. The van der Waals surface area contributed by atoms with E-state index in [1.807, 2.05) is 33.8 Å². The van der Waals surface area contributed by atoms with Crippen molar-refractivity contribution in [2.24, 2.45) is 0 Å². The Morgan fingerprint density at radius 2 is 2.00 bits per heavy atom. The lowest BCUT2D eigenvalue weighted by Gasteiger charge is -2.32. The van der Waals surface area contributed by atoms with Crippen LogP contribution in [0.2, 0.25) is 0 Å². The summed E-state index contributed by atoms with van der Waals surface area (Å²) in [6.07, 6.45) is 1.83. The zero-order chi connectivity index (χ0) is 16.5. The zero-order valence-corrected chi connectivity index (χ0v) is 13.7. The summed E-state index contributed by atoms with van der Waals surface area (Å²) in [5.41, 5.74) is 6.24. The first-order chi connectivity index (χ1) is 10.1. The number of nitrogens with zero attached hydrogens (tertiary/aromatic N) is 1. The molecular weight excluding hydrogens is 283 g/mol. The Labute approximate surface area is 130 Å². The number of anilines is 1. The molecule has 1 amide bonds. The average molecular weight is 306 g/mol. The van der Waals surface area contributed by atoms with Gasteiger partial charge in [0.05, 0.1) is 16.9 Å². The summed E-state index contributed by atoms with van der Waals surface area (Å²) in [6.45, 7) is 9.73. The minimum atomic E-state index is -0.540. The molecule has 1 aromatic heterocycles. The molecule has 0 bridgehead atoms. The van der Waals surface area contributed by atoms with Crippen LogP contribution < -0.4 is 11.1 Å². The number of carbonyl (C=O) groups excluding carboxylic acids is 1. The van der Waals surface area contributed by atoms with Crippen LogP contribution >= 0.6 is 0 Å². The SMILES string of the molecule is CC(=O)NCC(=Cc1cc(N)n[nH]1)B1OC(C)(C)C(C)(C)O1. The van der Waals surface area contributed by atoms with E-state index in [1.54, 1.807) is 6.07 Å². The quantitative estimate of drug-likeness (QED) is 0.724. The predicted molar refractivity (Wildman–Crippen MR) is 85.7 cm³/mol. The van der Waals surface area contributed by atoms with Crippen molar-refractivity contribution in [3.8, 4) is 0 Å². The number of hydrogen-bond donors (Lipinski definition) is 3. The second-order valence-electron chi connectivity index (χ2n) is 6.47. The largest absolute Gasteiger partial charge is 0.492 e. The van der Waals surface area contributed by atoms with Gasteiger partial charge in [0.2, 0.25) is 5.91 Å². The van der Waals surface area contributed by atoms with Gasteiger partial charge in [-0.25, -0.2) is 0 Å². The molecule has 0 unspecified atom stereocenters. The van der Waals surface area contributed by atoms with Gasteiger partial charge in [-0.05, 0) is 39.2 Å². The van der Waals surface area contributed by atoms with Crippen LogP contribution in [-0.2, 0) is 14.1 Å². The molecule has 22 heavy (non-hydrogen) atoms. The molecule has 0 aromatic carbocycles. The summed E-state index contributed by atoms with van der Waals surface area (Å²) in [7, 11) is -0.540. The zero-order valence-electron chi connectivity index (χ0n) is 13.7. The molecule has 1 aliphatic rings. The number of H-pyrrole nitrogens is 1. The molecule has 8 heteroatoms. The van der Waals surface area contributed by atoms with Crippen LogP contribution in [0.3, 0.4) is 0 Å². The number of aromatic amines is 1. The van der Waals surface area contributed by atoms with Gasteiger partial charge < -0.3 is 20.4 Å². The van der Waals surface area contributed by atoms with Crippen LogP contribution in [0, 0.1) is 0 Å². The third-order valence-electron chi connectivity index (χ3n) is 4.06. The Kier molecular flexibility index (Phi) is 4.35. The summed E-state index contributed by atoms with van der Waals surface area (Å²) in [4.78, 5) is 11.2. The molecule has 0 saturated carbocycles. The molecule has 120 valence electrons. The van der Waals surface area contributed by atoms with Crippen molar-refractivity contribution >= 4 is 24.9 Å². The molecule has 0 aliphatic carbocycles. The van der Waals surface area contributed by atoms with Gasteiger partial charge in [-0.1, -0.05) is 0 Å². The Morgan fingerprint density at radius 3 is 2.45 bits per heavy atom. The van der Waals surface area contributed by atoms with Gasteiger partial charge in [-0.15, -0.1) is 0 Å². The van der Waals surface area contributed by atoms with Crippen molar-refractivity contribution in [1.82, 2.24) is 15.5 Å². The van der Waals surface area contributed by atoms with Crippen molar-refractivity contribution in [3.63, 3.8) is 0 Å². The van der Waals surface area contributed by atoms with Gasteiger partial charge in [0.25, 0.3) is 0 Å². The van der Waals surface area contributed by atoms with E-state index in [2.05, 4.69) is 15.5 Å². The van der Waals surface area contributed by atoms with E-state index in [4.69, 9.17) is 15.0 Å². The normalized spacial score (nSPS) is 20.2. The van der Waals surface area contributed by atoms with E-state index >= 15 is 0 Å². The third-order valence-corrected chi connectivity index (χ3v) is 4.06. The van der Waals surface area contributed by atoms with Crippen LogP contribution in [0.5, 0.6) is 0 Å². The lowest BCUT2D eigenvalue weighted by molar-refractivity contribution is -0.118. The number of nitrogens with one attached hydrogen (secondary N) is 2. The van der Waals surface area contributed by atoms with E-state index in [-0.39, 0.29) is 5.91 Å². The van der Waals surface area contributed by atoms with Crippen LogP contribution in [0.25, 0.3) is 6.08 Å². The smallest absolute Gasteiger partial charge is 0.400 e. The molecule has 2 rings (SSSR count). The summed E-state index contributed by atoms with van der Waals surface area (Å²) in [5.74, 6) is 0.283. The van der Waals surface area contributed by atoms with Gasteiger partial charge in [-0.3, -0.25) is 9.89 Å². The second-order valence-corrected chi connectivity index (χ2v) is 6.47. The monoisotopic (exact) mass is 306 g/mol. The van der Waals surface area contributed by atoms with Crippen molar-refractivity contribution in [2.75, 3.05) is 12.3 Å². The Hall–Kier alpha value is -1.80. The van der Waals surface area contributed by atoms with Gasteiger partial charge in [0.15, 0.2) is 0 Å². The maximum Gasteiger partial charge on any atom is 0.492 e. The lowest BCUT2D eigenvalue weighted by Crippen LogP contribution is -2.41. The van der Waals surface area contributed by atoms with Gasteiger partial charge >= 0.3 is 7.12 Å².